The summed E-state index contributed by atoms with van der Waals surface area (Å²) in [7, 11) is 0. The predicted molar refractivity (Wildman–Crippen MR) is 54.6 cm³/mol. The topological polar surface area (TPSA) is 12.0 Å². The van der Waals surface area contributed by atoms with Gasteiger partial charge in [0.1, 0.15) is 6.17 Å². The van der Waals surface area contributed by atoms with Gasteiger partial charge in [-0.1, -0.05) is 20.8 Å². The average molecular weight is 187 g/mol. The Morgan fingerprint density at radius 1 is 1.46 bits per heavy atom. The Kier molecular flexibility index (Phi) is 3.72. The van der Waals surface area contributed by atoms with Gasteiger partial charge in [-0.2, -0.15) is 0 Å². The fraction of sp³-hybridized carbons (Fsp3) is 1.00. The molecule has 1 fully saturated rings. The molecule has 1 aliphatic rings. The van der Waals surface area contributed by atoms with Crippen LogP contribution in [0.2, 0.25) is 0 Å². The summed E-state index contributed by atoms with van der Waals surface area (Å²) in [6.45, 7) is 7.51. The largest absolute Gasteiger partial charge is 0.311 e. The number of alkyl halides is 1. The molecular formula is C11H22FN. The lowest BCUT2D eigenvalue weighted by Gasteiger charge is -2.22. The summed E-state index contributed by atoms with van der Waals surface area (Å²) in [4.78, 5) is 0. The lowest BCUT2D eigenvalue weighted by atomic mass is 9.88. The highest BCUT2D eigenvalue weighted by atomic mass is 19.1. The first-order valence-corrected chi connectivity index (χ1v) is 5.36. The molecule has 2 heteroatoms. The van der Waals surface area contributed by atoms with E-state index in [0.717, 1.165) is 25.8 Å². The second-order valence-corrected chi connectivity index (χ2v) is 5.32. The molecule has 0 bridgehead atoms. The highest BCUT2D eigenvalue weighted by molar-refractivity contribution is 4.82. The van der Waals surface area contributed by atoms with Crippen LogP contribution in [0.3, 0.4) is 0 Å². The predicted octanol–water partition coefficient (Wildman–Crippen LogP) is 2.90. The Morgan fingerprint density at radius 3 is 2.62 bits per heavy atom. The molecule has 13 heavy (non-hydrogen) atoms. The quantitative estimate of drug-likeness (QED) is 0.716. The highest BCUT2D eigenvalue weighted by Crippen LogP contribution is 2.25. The van der Waals surface area contributed by atoms with Crippen LogP contribution < -0.4 is 5.32 Å². The van der Waals surface area contributed by atoms with E-state index < -0.39 is 6.17 Å². The summed E-state index contributed by atoms with van der Waals surface area (Å²) in [5.74, 6) is 0. The van der Waals surface area contributed by atoms with Gasteiger partial charge in [0.05, 0.1) is 0 Å². The normalized spacial score (nSPS) is 26.3. The lowest BCUT2D eigenvalue weighted by molar-refractivity contribution is 0.215. The molecule has 1 N–H and O–H groups in total. The molecule has 1 nitrogen and oxygen atoms in total. The van der Waals surface area contributed by atoms with Crippen LogP contribution in [0.25, 0.3) is 0 Å². The lowest BCUT2D eigenvalue weighted by Crippen LogP contribution is -2.32. The summed E-state index contributed by atoms with van der Waals surface area (Å²) in [6.07, 6.45) is 3.21. The minimum Gasteiger partial charge on any atom is -0.311 e. The molecule has 78 valence electrons. The molecule has 2 unspecified atom stereocenters. The summed E-state index contributed by atoms with van der Waals surface area (Å²) in [5.41, 5.74) is 0.267. The Balaban J connectivity index is 2.20. The number of rotatable bonds is 3. The van der Waals surface area contributed by atoms with E-state index in [9.17, 15) is 4.39 Å². The van der Waals surface area contributed by atoms with Crippen molar-refractivity contribution >= 4 is 0 Å². The minimum atomic E-state index is -0.637. The first-order valence-electron chi connectivity index (χ1n) is 5.36. The maximum absolute atomic E-state index is 13.6. The van der Waals surface area contributed by atoms with Crippen molar-refractivity contribution in [1.82, 2.24) is 5.32 Å². The van der Waals surface area contributed by atoms with Crippen LogP contribution in [0.1, 0.15) is 46.5 Å². The van der Waals surface area contributed by atoms with Crippen molar-refractivity contribution < 1.29 is 4.39 Å². The van der Waals surface area contributed by atoms with E-state index in [1.807, 2.05) is 0 Å². The molecule has 1 rings (SSSR count). The van der Waals surface area contributed by atoms with E-state index in [0.29, 0.717) is 6.42 Å². The van der Waals surface area contributed by atoms with Gasteiger partial charge in [-0.25, -0.2) is 4.39 Å². The molecule has 0 aromatic rings. The molecule has 0 spiro atoms. The Morgan fingerprint density at radius 2 is 2.15 bits per heavy atom. The molecule has 0 aromatic heterocycles. The van der Waals surface area contributed by atoms with Gasteiger partial charge >= 0.3 is 0 Å². The third-order valence-corrected chi connectivity index (χ3v) is 2.71. The van der Waals surface area contributed by atoms with Gasteiger partial charge in [0.2, 0.25) is 0 Å². The van der Waals surface area contributed by atoms with Crippen LogP contribution in [0.15, 0.2) is 0 Å². The van der Waals surface area contributed by atoms with Gasteiger partial charge in [-0.05, 0) is 37.6 Å². The van der Waals surface area contributed by atoms with E-state index >= 15 is 0 Å². The van der Waals surface area contributed by atoms with Gasteiger partial charge in [-0.15, -0.1) is 0 Å². The number of nitrogens with one attached hydrogen (secondary N) is 1. The number of hydrogen-bond acceptors (Lipinski definition) is 1. The van der Waals surface area contributed by atoms with Gasteiger partial charge in [0.25, 0.3) is 0 Å². The van der Waals surface area contributed by atoms with Gasteiger partial charge in [-0.3, -0.25) is 0 Å². The van der Waals surface area contributed by atoms with Crippen molar-refractivity contribution in [1.29, 1.82) is 0 Å². The zero-order valence-electron chi connectivity index (χ0n) is 9.07. The summed E-state index contributed by atoms with van der Waals surface area (Å²) in [5, 5.41) is 3.22. The maximum Gasteiger partial charge on any atom is 0.115 e. The van der Waals surface area contributed by atoms with E-state index in [2.05, 4.69) is 26.1 Å². The monoisotopic (exact) mass is 187 g/mol. The minimum absolute atomic E-state index is 0.141. The van der Waals surface area contributed by atoms with E-state index in [-0.39, 0.29) is 11.5 Å². The molecule has 0 amide bonds. The Hall–Kier alpha value is -0.110. The Labute approximate surface area is 81.1 Å². The molecule has 1 aliphatic heterocycles. The number of halogens is 1. The van der Waals surface area contributed by atoms with Crippen LogP contribution in [0.4, 0.5) is 4.39 Å². The molecule has 0 aromatic carbocycles. The molecular weight excluding hydrogens is 165 g/mol. The van der Waals surface area contributed by atoms with Gasteiger partial charge in [0.15, 0.2) is 0 Å². The van der Waals surface area contributed by atoms with Crippen molar-refractivity contribution in [3.05, 3.63) is 0 Å². The molecule has 1 saturated heterocycles. The molecule has 0 aliphatic carbocycles. The fourth-order valence-corrected chi connectivity index (χ4v) is 1.79. The second kappa shape index (κ2) is 4.41. The average Bonchev–Trinajstić information content (AvgIpc) is 2.50. The van der Waals surface area contributed by atoms with Crippen LogP contribution in [-0.4, -0.2) is 18.8 Å². The van der Waals surface area contributed by atoms with Crippen LogP contribution in [0, 0.1) is 5.41 Å². The molecule has 1 heterocycles. The summed E-state index contributed by atoms with van der Waals surface area (Å²) >= 11 is 0. The maximum atomic E-state index is 13.6. The Bertz CT molecular complexity index is 145. The fourth-order valence-electron chi connectivity index (χ4n) is 1.79. The first-order chi connectivity index (χ1) is 5.99. The van der Waals surface area contributed by atoms with Crippen LogP contribution in [-0.2, 0) is 0 Å². The molecule has 2 atom stereocenters. The van der Waals surface area contributed by atoms with Gasteiger partial charge < -0.3 is 5.32 Å². The standard InChI is InChI=1S/C11H22FN/c1-11(2,3)7-6-9(12)10-5-4-8-13-10/h9-10,13H,4-8H2,1-3H3. The molecule has 0 radical (unpaired) electrons. The first kappa shape index (κ1) is 11.0. The second-order valence-electron chi connectivity index (χ2n) is 5.32. The van der Waals surface area contributed by atoms with Crippen molar-refractivity contribution in [2.45, 2.75) is 58.7 Å². The van der Waals surface area contributed by atoms with Crippen molar-refractivity contribution in [3.8, 4) is 0 Å². The zero-order chi connectivity index (χ0) is 9.90. The third kappa shape index (κ3) is 4.08. The summed E-state index contributed by atoms with van der Waals surface area (Å²) < 4.78 is 13.6. The zero-order valence-corrected chi connectivity index (χ0v) is 9.07. The number of hydrogen-bond donors (Lipinski definition) is 1. The van der Waals surface area contributed by atoms with E-state index in [4.69, 9.17) is 0 Å². The summed E-state index contributed by atoms with van der Waals surface area (Å²) in [6, 6.07) is 0.141. The highest BCUT2D eigenvalue weighted by Gasteiger charge is 2.25. The molecule has 0 saturated carbocycles. The smallest absolute Gasteiger partial charge is 0.115 e. The van der Waals surface area contributed by atoms with Crippen molar-refractivity contribution in [2.75, 3.05) is 6.54 Å². The van der Waals surface area contributed by atoms with Crippen molar-refractivity contribution in [3.63, 3.8) is 0 Å². The van der Waals surface area contributed by atoms with Crippen LogP contribution in [0.5, 0.6) is 0 Å². The van der Waals surface area contributed by atoms with E-state index in [1.165, 1.54) is 0 Å². The van der Waals surface area contributed by atoms with Gasteiger partial charge in [0, 0.05) is 6.04 Å². The third-order valence-electron chi connectivity index (χ3n) is 2.71. The van der Waals surface area contributed by atoms with Crippen LogP contribution >= 0.6 is 0 Å². The SMILES string of the molecule is CC(C)(C)CCC(F)C1CCCN1. The van der Waals surface area contributed by atoms with E-state index in [1.54, 1.807) is 0 Å². The van der Waals surface area contributed by atoms with Crippen molar-refractivity contribution in [2.24, 2.45) is 5.41 Å².